The van der Waals surface area contributed by atoms with Crippen LogP contribution in [0.2, 0.25) is 0 Å². The average molecular weight is 283 g/mol. The number of halogens is 3. The Hall–Kier alpha value is -2.11. The minimum atomic E-state index is -4.20. The molecular weight excluding hydrogens is 271 g/mol. The number of nitrogens with zero attached hydrogens (tertiary/aromatic N) is 1. The van der Waals surface area contributed by atoms with Crippen LogP contribution in [0.3, 0.4) is 0 Å². The van der Waals surface area contributed by atoms with Gasteiger partial charge in [-0.2, -0.15) is 13.2 Å². The number of carbonyl (C=O) groups excluding carboxylic acids is 1. The van der Waals surface area contributed by atoms with Gasteiger partial charge in [-0.1, -0.05) is 18.2 Å². The van der Waals surface area contributed by atoms with E-state index in [0.29, 0.717) is 11.8 Å². The fourth-order valence-electron chi connectivity index (χ4n) is 1.76. The molecule has 0 aliphatic rings. The van der Waals surface area contributed by atoms with Gasteiger partial charge in [0.1, 0.15) is 0 Å². The highest BCUT2D eigenvalue weighted by atomic mass is 19.4. The highest BCUT2D eigenvalue weighted by Crippen LogP contribution is 2.23. The van der Waals surface area contributed by atoms with E-state index < -0.39 is 12.6 Å². The smallest absolute Gasteiger partial charge is 0.389 e. The third-order valence-electron chi connectivity index (χ3n) is 2.69. The number of alkyl halides is 3. The van der Waals surface area contributed by atoms with Gasteiger partial charge in [-0.25, -0.2) is 4.98 Å². The summed E-state index contributed by atoms with van der Waals surface area (Å²) in [5.74, 6) is 0.0703. The second-order valence-electron chi connectivity index (χ2n) is 4.26. The highest BCUT2D eigenvalue weighted by Gasteiger charge is 2.26. The average Bonchev–Trinajstić information content (AvgIpc) is 2.41. The number of para-hydroxylation sites is 1. The van der Waals surface area contributed by atoms with Crippen molar-refractivity contribution in [2.24, 2.45) is 0 Å². The van der Waals surface area contributed by atoms with Gasteiger partial charge in [0.15, 0.2) is 6.29 Å². The van der Waals surface area contributed by atoms with Crippen molar-refractivity contribution in [2.75, 3.05) is 6.61 Å². The van der Waals surface area contributed by atoms with Crippen LogP contribution in [-0.2, 0) is 0 Å². The van der Waals surface area contributed by atoms with Crippen molar-refractivity contribution in [1.29, 1.82) is 0 Å². The number of hydrogen-bond acceptors (Lipinski definition) is 3. The molecule has 6 heteroatoms. The first kappa shape index (κ1) is 14.3. The van der Waals surface area contributed by atoms with Crippen LogP contribution in [0.15, 0.2) is 30.3 Å². The first-order chi connectivity index (χ1) is 9.49. The van der Waals surface area contributed by atoms with E-state index in [0.717, 1.165) is 5.39 Å². The molecular formula is C14H12F3NO2. The minimum absolute atomic E-state index is 0.0703. The Morgan fingerprint density at radius 2 is 2.00 bits per heavy atom. The summed E-state index contributed by atoms with van der Waals surface area (Å²) in [7, 11) is 0. The molecule has 20 heavy (non-hydrogen) atoms. The molecule has 0 aliphatic heterocycles. The summed E-state index contributed by atoms with van der Waals surface area (Å²) in [4.78, 5) is 15.1. The maximum atomic E-state index is 12.0. The van der Waals surface area contributed by atoms with Crippen molar-refractivity contribution in [3.05, 3.63) is 35.9 Å². The van der Waals surface area contributed by atoms with Crippen LogP contribution in [-0.4, -0.2) is 24.1 Å². The second kappa shape index (κ2) is 5.90. The van der Waals surface area contributed by atoms with Gasteiger partial charge in [-0.3, -0.25) is 4.79 Å². The van der Waals surface area contributed by atoms with Crippen LogP contribution in [0.5, 0.6) is 5.88 Å². The number of hydrogen-bond donors (Lipinski definition) is 0. The molecule has 1 aromatic carbocycles. The Morgan fingerprint density at radius 3 is 2.70 bits per heavy atom. The molecule has 0 saturated heterocycles. The lowest BCUT2D eigenvalue weighted by Gasteiger charge is -2.10. The summed E-state index contributed by atoms with van der Waals surface area (Å²) in [6.07, 6.45) is -4.71. The van der Waals surface area contributed by atoms with E-state index in [1.807, 2.05) is 6.07 Å². The second-order valence-corrected chi connectivity index (χ2v) is 4.26. The van der Waals surface area contributed by atoms with Gasteiger partial charge in [-0.15, -0.1) is 0 Å². The first-order valence-electron chi connectivity index (χ1n) is 6.04. The summed E-state index contributed by atoms with van der Waals surface area (Å²) >= 11 is 0. The lowest BCUT2D eigenvalue weighted by molar-refractivity contribution is -0.136. The van der Waals surface area contributed by atoms with E-state index in [-0.39, 0.29) is 24.5 Å². The molecule has 3 nitrogen and oxygen atoms in total. The standard InChI is InChI=1S/C14H12F3NO2/c15-14(16,17)6-3-7-20-13-11(9-19)8-10-4-1-2-5-12(10)18-13/h1-2,4-5,8-9H,3,6-7H2. The van der Waals surface area contributed by atoms with E-state index in [2.05, 4.69) is 4.98 Å². The summed E-state index contributed by atoms with van der Waals surface area (Å²) in [5.41, 5.74) is 0.861. The first-order valence-corrected chi connectivity index (χ1v) is 6.04. The van der Waals surface area contributed by atoms with Crippen LogP contribution in [0, 0.1) is 0 Å². The van der Waals surface area contributed by atoms with Gasteiger partial charge in [0, 0.05) is 11.8 Å². The molecule has 0 amide bonds. The third-order valence-corrected chi connectivity index (χ3v) is 2.69. The number of ether oxygens (including phenoxy) is 1. The Kier molecular flexibility index (Phi) is 4.22. The summed E-state index contributed by atoms with van der Waals surface area (Å²) in [6.45, 7) is -0.133. The van der Waals surface area contributed by atoms with E-state index in [9.17, 15) is 18.0 Å². The van der Waals surface area contributed by atoms with Gasteiger partial charge in [0.25, 0.3) is 0 Å². The number of carbonyl (C=O) groups is 1. The van der Waals surface area contributed by atoms with Crippen molar-refractivity contribution < 1.29 is 22.7 Å². The molecule has 0 spiro atoms. The molecule has 0 unspecified atom stereocenters. The third kappa shape index (κ3) is 3.69. The normalized spacial score (nSPS) is 11.6. The van der Waals surface area contributed by atoms with Crippen molar-refractivity contribution in [3.8, 4) is 5.88 Å². The number of benzene rings is 1. The number of pyridine rings is 1. The fourth-order valence-corrected chi connectivity index (χ4v) is 1.76. The van der Waals surface area contributed by atoms with E-state index in [4.69, 9.17) is 4.74 Å². The lowest BCUT2D eigenvalue weighted by atomic mass is 10.1. The number of rotatable bonds is 5. The zero-order valence-corrected chi connectivity index (χ0v) is 10.5. The van der Waals surface area contributed by atoms with Crippen molar-refractivity contribution in [1.82, 2.24) is 4.98 Å². The quantitative estimate of drug-likeness (QED) is 0.619. The summed E-state index contributed by atoms with van der Waals surface area (Å²) in [6, 6.07) is 8.73. The molecule has 2 aromatic rings. The van der Waals surface area contributed by atoms with Crippen LogP contribution >= 0.6 is 0 Å². The van der Waals surface area contributed by atoms with Crippen LogP contribution in [0.1, 0.15) is 23.2 Å². The van der Waals surface area contributed by atoms with Gasteiger partial charge in [0.05, 0.1) is 17.7 Å². The summed E-state index contributed by atoms with van der Waals surface area (Å²) < 4.78 is 41.2. The molecule has 0 saturated carbocycles. The summed E-state index contributed by atoms with van der Waals surface area (Å²) in [5, 5.41) is 0.775. The van der Waals surface area contributed by atoms with Gasteiger partial charge in [0.2, 0.25) is 5.88 Å². The molecule has 0 bridgehead atoms. The van der Waals surface area contributed by atoms with Crippen LogP contribution in [0.25, 0.3) is 10.9 Å². The molecule has 1 heterocycles. The topological polar surface area (TPSA) is 39.2 Å². The van der Waals surface area contributed by atoms with Gasteiger partial charge < -0.3 is 4.74 Å². The van der Waals surface area contributed by atoms with E-state index in [1.54, 1.807) is 24.3 Å². The van der Waals surface area contributed by atoms with Gasteiger partial charge >= 0.3 is 6.18 Å². The molecule has 0 radical (unpaired) electrons. The lowest BCUT2D eigenvalue weighted by Crippen LogP contribution is -2.10. The Bertz CT molecular complexity index is 611. The zero-order chi connectivity index (χ0) is 14.6. The monoisotopic (exact) mass is 283 g/mol. The molecule has 0 N–H and O–H groups in total. The zero-order valence-electron chi connectivity index (χ0n) is 10.5. The minimum Gasteiger partial charge on any atom is -0.477 e. The Labute approximate surface area is 113 Å². The fraction of sp³-hybridized carbons (Fsp3) is 0.286. The molecule has 0 atom stereocenters. The van der Waals surface area contributed by atoms with Crippen molar-refractivity contribution in [2.45, 2.75) is 19.0 Å². The number of aromatic nitrogens is 1. The van der Waals surface area contributed by atoms with Crippen LogP contribution < -0.4 is 4.74 Å². The Balaban J connectivity index is 2.10. The number of fused-ring (bicyclic) bond motifs is 1. The van der Waals surface area contributed by atoms with Crippen molar-refractivity contribution >= 4 is 17.2 Å². The largest absolute Gasteiger partial charge is 0.477 e. The van der Waals surface area contributed by atoms with E-state index in [1.165, 1.54) is 0 Å². The number of aldehydes is 1. The van der Waals surface area contributed by atoms with Crippen LogP contribution in [0.4, 0.5) is 13.2 Å². The molecule has 2 rings (SSSR count). The Morgan fingerprint density at radius 1 is 1.25 bits per heavy atom. The molecule has 0 aliphatic carbocycles. The van der Waals surface area contributed by atoms with Crippen molar-refractivity contribution in [3.63, 3.8) is 0 Å². The molecule has 106 valence electrons. The van der Waals surface area contributed by atoms with Gasteiger partial charge in [-0.05, 0) is 18.6 Å². The SMILES string of the molecule is O=Cc1cc2ccccc2nc1OCCCC(F)(F)F. The van der Waals surface area contributed by atoms with E-state index >= 15 is 0 Å². The molecule has 0 fully saturated rings. The molecule has 1 aromatic heterocycles. The maximum absolute atomic E-state index is 12.0. The maximum Gasteiger partial charge on any atom is 0.389 e. The predicted octanol–water partition coefficient (Wildman–Crippen LogP) is 3.77. The predicted molar refractivity (Wildman–Crippen MR) is 67.9 cm³/mol. The highest BCUT2D eigenvalue weighted by molar-refractivity contribution is 5.88.